The fourth-order valence-electron chi connectivity index (χ4n) is 1.40. The van der Waals surface area contributed by atoms with E-state index in [1.54, 1.807) is 13.8 Å². The average Bonchev–Trinajstić information content (AvgIpc) is 2.28. The van der Waals surface area contributed by atoms with Crippen LogP contribution in [0.25, 0.3) is 0 Å². The Morgan fingerprint density at radius 1 is 1.33 bits per heavy atom. The standard InChI is InChI=1S/C15H25NO2/c1-6-11(2)18-14-9-7-8-13(10-14)16-12(3)15(4,5)17/h7-12,16-17H,6H2,1-5H3. The molecule has 0 saturated carbocycles. The summed E-state index contributed by atoms with van der Waals surface area (Å²) in [5, 5.41) is 13.2. The van der Waals surface area contributed by atoms with Crippen molar-refractivity contribution < 1.29 is 9.84 Å². The molecule has 1 aromatic carbocycles. The van der Waals surface area contributed by atoms with Gasteiger partial charge < -0.3 is 15.2 Å². The van der Waals surface area contributed by atoms with E-state index in [0.717, 1.165) is 17.9 Å². The van der Waals surface area contributed by atoms with Gasteiger partial charge in [0.25, 0.3) is 0 Å². The lowest BCUT2D eigenvalue weighted by atomic mass is 10.0. The van der Waals surface area contributed by atoms with Crippen molar-refractivity contribution in [2.24, 2.45) is 0 Å². The van der Waals surface area contributed by atoms with Crippen LogP contribution in [0.4, 0.5) is 5.69 Å². The maximum atomic E-state index is 9.91. The SMILES string of the molecule is CCC(C)Oc1cccc(NC(C)C(C)(C)O)c1. The molecule has 0 aromatic heterocycles. The molecule has 18 heavy (non-hydrogen) atoms. The van der Waals surface area contributed by atoms with E-state index in [9.17, 15) is 5.11 Å². The first-order chi connectivity index (χ1) is 8.32. The molecule has 0 heterocycles. The Kier molecular flexibility index (Phi) is 5.03. The number of ether oxygens (including phenoxy) is 1. The van der Waals surface area contributed by atoms with Crippen LogP contribution in [0.2, 0.25) is 0 Å². The van der Waals surface area contributed by atoms with Crippen LogP contribution in [-0.2, 0) is 0 Å². The molecule has 3 nitrogen and oxygen atoms in total. The minimum Gasteiger partial charge on any atom is -0.491 e. The van der Waals surface area contributed by atoms with Gasteiger partial charge in [0.1, 0.15) is 5.75 Å². The Morgan fingerprint density at radius 2 is 2.00 bits per heavy atom. The number of hydrogen-bond donors (Lipinski definition) is 2. The first-order valence-electron chi connectivity index (χ1n) is 6.58. The molecule has 1 aromatic rings. The third-order valence-electron chi connectivity index (χ3n) is 3.19. The number of nitrogens with one attached hydrogen (secondary N) is 1. The molecule has 0 radical (unpaired) electrons. The summed E-state index contributed by atoms with van der Waals surface area (Å²) < 4.78 is 5.77. The molecule has 0 aliphatic carbocycles. The number of rotatable bonds is 6. The largest absolute Gasteiger partial charge is 0.491 e. The monoisotopic (exact) mass is 251 g/mol. The van der Waals surface area contributed by atoms with Crippen molar-refractivity contribution in [2.75, 3.05) is 5.32 Å². The molecule has 0 saturated heterocycles. The minimum absolute atomic E-state index is 0.0312. The highest BCUT2D eigenvalue weighted by Crippen LogP contribution is 2.21. The summed E-state index contributed by atoms with van der Waals surface area (Å²) in [6.07, 6.45) is 1.20. The van der Waals surface area contributed by atoms with Crippen molar-refractivity contribution in [1.29, 1.82) is 0 Å². The third kappa shape index (κ3) is 4.57. The lowest BCUT2D eigenvalue weighted by Crippen LogP contribution is -2.39. The van der Waals surface area contributed by atoms with Crippen LogP contribution in [0.3, 0.4) is 0 Å². The van der Waals surface area contributed by atoms with Gasteiger partial charge in [-0.3, -0.25) is 0 Å². The van der Waals surface area contributed by atoms with E-state index in [4.69, 9.17) is 4.74 Å². The van der Waals surface area contributed by atoms with Crippen molar-refractivity contribution in [3.63, 3.8) is 0 Å². The highest BCUT2D eigenvalue weighted by molar-refractivity contribution is 5.49. The highest BCUT2D eigenvalue weighted by atomic mass is 16.5. The summed E-state index contributed by atoms with van der Waals surface area (Å²) in [5.41, 5.74) is 0.207. The fraction of sp³-hybridized carbons (Fsp3) is 0.600. The Hall–Kier alpha value is -1.22. The highest BCUT2D eigenvalue weighted by Gasteiger charge is 2.21. The molecule has 2 atom stereocenters. The lowest BCUT2D eigenvalue weighted by Gasteiger charge is -2.27. The van der Waals surface area contributed by atoms with Crippen molar-refractivity contribution in [3.05, 3.63) is 24.3 Å². The Labute approximate surface area is 110 Å². The first-order valence-corrected chi connectivity index (χ1v) is 6.58. The molecule has 0 fully saturated rings. The molecule has 0 spiro atoms. The van der Waals surface area contributed by atoms with Gasteiger partial charge in [0.15, 0.2) is 0 Å². The van der Waals surface area contributed by atoms with Gasteiger partial charge >= 0.3 is 0 Å². The molecule has 2 N–H and O–H groups in total. The zero-order valence-electron chi connectivity index (χ0n) is 12.0. The molecule has 0 aliphatic rings. The average molecular weight is 251 g/mol. The van der Waals surface area contributed by atoms with Crippen LogP contribution in [0.15, 0.2) is 24.3 Å². The van der Waals surface area contributed by atoms with Crippen molar-refractivity contribution in [2.45, 2.75) is 58.8 Å². The molecule has 3 heteroatoms. The number of anilines is 1. The predicted molar refractivity (Wildman–Crippen MR) is 76.2 cm³/mol. The van der Waals surface area contributed by atoms with E-state index in [1.807, 2.05) is 31.2 Å². The van der Waals surface area contributed by atoms with Gasteiger partial charge in [-0.15, -0.1) is 0 Å². The smallest absolute Gasteiger partial charge is 0.121 e. The van der Waals surface area contributed by atoms with Gasteiger partial charge in [-0.25, -0.2) is 0 Å². The van der Waals surface area contributed by atoms with Gasteiger partial charge in [0, 0.05) is 11.8 Å². The summed E-state index contributed by atoms with van der Waals surface area (Å²) in [5.74, 6) is 0.859. The second-order valence-electron chi connectivity index (χ2n) is 5.38. The van der Waals surface area contributed by atoms with E-state index in [2.05, 4.69) is 19.2 Å². The van der Waals surface area contributed by atoms with Gasteiger partial charge in [0.2, 0.25) is 0 Å². The lowest BCUT2D eigenvalue weighted by molar-refractivity contribution is 0.0649. The quantitative estimate of drug-likeness (QED) is 0.814. The molecule has 1 rings (SSSR count). The van der Waals surface area contributed by atoms with Crippen molar-refractivity contribution in [3.8, 4) is 5.75 Å². The summed E-state index contributed by atoms with van der Waals surface area (Å²) in [7, 11) is 0. The third-order valence-corrected chi connectivity index (χ3v) is 3.19. The van der Waals surface area contributed by atoms with E-state index in [-0.39, 0.29) is 12.1 Å². The minimum atomic E-state index is -0.756. The predicted octanol–water partition coefficient (Wildman–Crippen LogP) is 3.44. The number of hydrogen-bond acceptors (Lipinski definition) is 3. The summed E-state index contributed by atoms with van der Waals surface area (Å²) >= 11 is 0. The van der Waals surface area contributed by atoms with E-state index in [0.29, 0.717) is 0 Å². The second kappa shape index (κ2) is 6.10. The molecular weight excluding hydrogens is 226 g/mol. The normalized spacial score (nSPS) is 15.0. The van der Waals surface area contributed by atoms with Gasteiger partial charge in [0.05, 0.1) is 17.7 Å². The maximum Gasteiger partial charge on any atom is 0.121 e. The second-order valence-corrected chi connectivity index (χ2v) is 5.38. The molecular formula is C15H25NO2. The van der Waals surface area contributed by atoms with E-state index >= 15 is 0 Å². The summed E-state index contributed by atoms with van der Waals surface area (Å²) in [6, 6.07) is 7.82. The zero-order chi connectivity index (χ0) is 13.8. The Bertz CT molecular complexity index is 371. The van der Waals surface area contributed by atoms with Crippen LogP contribution in [0, 0.1) is 0 Å². The van der Waals surface area contributed by atoms with Crippen LogP contribution in [0.5, 0.6) is 5.75 Å². The van der Waals surface area contributed by atoms with Crippen LogP contribution < -0.4 is 10.1 Å². The Balaban J connectivity index is 2.70. The topological polar surface area (TPSA) is 41.5 Å². The van der Waals surface area contributed by atoms with Gasteiger partial charge in [-0.05, 0) is 46.2 Å². The van der Waals surface area contributed by atoms with Crippen LogP contribution >= 0.6 is 0 Å². The zero-order valence-corrected chi connectivity index (χ0v) is 12.0. The van der Waals surface area contributed by atoms with Crippen molar-refractivity contribution >= 4 is 5.69 Å². The van der Waals surface area contributed by atoms with Gasteiger partial charge in [-0.2, -0.15) is 0 Å². The van der Waals surface area contributed by atoms with E-state index in [1.165, 1.54) is 0 Å². The van der Waals surface area contributed by atoms with E-state index < -0.39 is 5.60 Å². The number of benzene rings is 1. The Morgan fingerprint density at radius 3 is 2.56 bits per heavy atom. The van der Waals surface area contributed by atoms with Crippen LogP contribution in [-0.4, -0.2) is 22.9 Å². The number of aliphatic hydroxyl groups is 1. The molecule has 2 unspecified atom stereocenters. The molecule has 0 bridgehead atoms. The maximum absolute atomic E-state index is 9.91. The molecule has 0 aliphatic heterocycles. The first kappa shape index (κ1) is 14.8. The van der Waals surface area contributed by atoms with Gasteiger partial charge in [-0.1, -0.05) is 13.0 Å². The fourth-order valence-corrected chi connectivity index (χ4v) is 1.40. The molecule has 102 valence electrons. The molecule has 0 amide bonds. The summed E-state index contributed by atoms with van der Waals surface area (Å²) in [4.78, 5) is 0. The summed E-state index contributed by atoms with van der Waals surface area (Å²) in [6.45, 7) is 9.71. The van der Waals surface area contributed by atoms with Crippen molar-refractivity contribution in [1.82, 2.24) is 0 Å². The van der Waals surface area contributed by atoms with Crippen LogP contribution in [0.1, 0.15) is 41.0 Å².